The monoisotopic (exact) mass is 282 g/mol. The van der Waals surface area contributed by atoms with Crippen LogP contribution in [0.4, 0.5) is 4.79 Å². The first-order valence-electron chi connectivity index (χ1n) is 7.64. The zero-order valence-corrected chi connectivity index (χ0v) is 12.4. The van der Waals surface area contributed by atoms with Crippen LogP contribution in [-0.4, -0.2) is 29.7 Å². The van der Waals surface area contributed by atoms with Gasteiger partial charge in [0.25, 0.3) is 0 Å². The molecule has 3 unspecified atom stereocenters. The number of carboxylic acids is 1. The van der Waals surface area contributed by atoms with Crippen molar-refractivity contribution in [3.05, 3.63) is 0 Å². The molecule has 114 valence electrons. The molecule has 0 saturated heterocycles. The van der Waals surface area contributed by atoms with Crippen LogP contribution in [0.1, 0.15) is 52.4 Å². The molecule has 2 amide bonds. The van der Waals surface area contributed by atoms with E-state index in [-0.39, 0.29) is 23.9 Å². The summed E-state index contributed by atoms with van der Waals surface area (Å²) < 4.78 is 0. The van der Waals surface area contributed by atoms with Crippen LogP contribution in [0.3, 0.4) is 0 Å². The molecule has 3 N–H and O–H groups in total. The van der Waals surface area contributed by atoms with Gasteiger partial charge in [0.2, 0.25) is 0 Å². The highest BCUT2D eigenvalue weighted by atomic mass is 16.4. The van der Waals surface area contributed by atoms with Crippen molar-refractivity contribution in [1.29, 1.82) is 0 Å². The Hall–Kier alpha value is -1.26. The van der Waals surface area contributed by atoms with Crippen molar-refractivity contribution >= 4 is 12.0 Å². The number of rotatable bonds is 4. The van der Waals surface area contributed by atoms with Gasteiger partial charge in [0.1, 0.15) is 0 Å². The zero-order chi connectivity index (χ0) is 14.8. The molecule has 2 fully saturated rings. The second kappa shape index (κ2) is 6.02. The lowest BCUT2D eigenvalue weighted by molar-refractivity contribution is -0.142. The van der Waals surface area contributed by atoms with Gasteiger partial charge in [0.15, 0.2) is 0 Å². The largest absolute Gasteiger partial charge is 0.481 e. The maximum atomic E-state index is 11.9. The minimum atomic E-state index is -0.729. The number of carbonyl (C=O) groups is 2. The molecule has 5 heteroatoms. The van der Waals surface area contributed by atoms with Gasteiger partial charge in [0, 0.05) is 12.6 Å². The highest BCUT2D eigenvalue weighted by molar-refractivity contribution is 5.74. The summed E-state index contributed by atoms with van der Waals surface area (Å²) in [6.45, 7) is 4.92. The van der Waals surface area contributed by atoms with Crippen LogP contribution in [-0.2, 0) is 4.79 Å². The minimum Gasteiger partial charge on any atom is -0.481 e. The van der Waals surface area contributed by atoms with Crippen molar-refractivity contribution in [2.75, 3.05) is 6.54 Å². The third-order valence-electron chi connectivity index (χ3n) is 4.80. The summed E-state index contributed by atoms with van der Waals surface area (Å²) in [5.74, 6) is -0.939. The first-order valence-corrected chi connectivity index (χ1v) is 7.64. The molecule has 0 spiro atoms. The lowest BCUT2D eigenvalue weighted by atomic mass is 9.92. The first-order chi connectivity index (χ1) is 9.37. The highest BCUT2D eigenvalue weighted by Crippen LogP contribution is 2.36. The predicted octanol–water partition coefficient (Wildman–Crippen LogP) is 2.37. The van der Waals surface area contributed by atoms with Crippen molar-refractivity contribution in [2.45, 2.75) is 58.4 Å². The molecule has 0 heterocycles. The molecule has 0 aromatic heterocycles. The van der Waals surface area contributed by atoms with E-state index in [1.165, 1.54) is 0 Å². The SMILES string of the molecule is CC1(C)CCC(NC(=O)NCC2CCCC2C(=O)O)C1. The number of carbonyl (C=O) groups excluding carboxylic acids is 1. The molecule has 0 aliphatic heterocycles. The van der Waals surface area contributed by atoms with E-state index in [9.17, 15) is 9.59 Å². The fourth-order valence-electron chi connectivity index (χ4n) is 3.63. The molecular formula is C15H26N2O3. The van der Waals surface area contributed by atoms with Gasteiger partial charge in [-0.2, -0.15) is 0 Å². The predicted molar refractivity (Wildman–Crippen MR) is 76.4 cm³/mol. The molecule has 2 aliphatic rings. The fraction of sp³-hybridized carbons (Fsp3) is 0.867. The van der Waals surface area contributed by atoms with Crippen molar-refractivity contribution in [3.63, 3.8) is 0 Å². The fourth-order valence-corrected chi connectivity index (χ4v) is 3.63. The number of urea groups is 1. The topological polar surface area (TPSA) is 78.4 Å². The quantitative estimate of drug-likeness (QED) is 0.740. The average molecular weight is 282 g/mol. The average Bonchev–Trinajstić information content (AvgIpc) is 2.93. The normalized spacial score (nSPS) is 32.0. The van der Waals surface area contributed by atoms with E-state index in [1.54, 1.807) is 0 Å². The lowest BCUT2D eigenvalue weighted by Gasteiger charge is -2.20. The maximum Gasteiger partial charge on any atom is 0.315 e. The molecule has 2 rings (SSSR count). The second-order valence-corrected chi connectivity index (χ2v) is 7.09. The van der Waals surface area contributed by atoms with Crippen molar-refractivity contribution < 1.29 is 14.7 Å². The van der Waals surface area contributed by atoms with Gasteiger partial charge in [-0.05, 0) is 43.4 Å². The van der Waals surface area contributed by atoms with Gasteiger partial charge in [-0.1, -0.05) is 20.3 Å². The minimum absolute atomic E-state index is 0.0817. The maximum absolute atomic E-state index is 11.9. The van der Waals surface area contributed by atoms with Gasteiger partial charge in [0.05, 0.1) is 5.92 Å². The summed E-state index contributed by atoms with van der Waals surface area (Å²) in [7, 11) is 0. The van der Waals surface area contributed by atoms with Gasteiger partial charge in [-0.15, -0.1) is 0 Å². The number of hydrogen-bond donors (Lipinski definition) is 3. The summed E-state index contributed by atoms with van der Waals surface area (Å²) in [6.07, 6.45) is 5.76. The Morgan fingerprint density at radius 2 is 2.00 bits per heavy atom. The summed E-state index contributed by atoms with van der Waals surface area (Å²) in [5, 5.41) is 15.0. The molecule has 20 heavy (non-hydrogen) atoms. The second-order valence-electron chi connectivity index (χ2n) is 7.09. The molecule has 2 saturated carbocycles. The van der Waals surface area contributed by atoms with E-state index < -0.39 is 5.97 Å². The van der Waals surface area contributed by atoms with E-state index >= 15 is 0 Å². The molecule has 5 nitrogen and oxygen atoms in total. The van der Waals surface area contributed by atoms with E-state index in [0.29, 0.717) is 12.0 Å². The van der Waals surface area contributed by atoms with E-state index in [4.69, 9.17) is 5.11 Å². The van der Waals surface area contributed by atoms with Crippen LogP contribution in [0.15, 0.2) is 0 Å². The molecule has 2 aliphatic carbocycles. The lowest BCUT2D eigenvalue weighted by Crippen LogP contribution is -2.43. The van der Waals surface area contributed by atoms with Crippen LogP contribution in [0, 0.1) is 17.3 Å². The summed E-state index contributed by atoms with van der Waals surface area (Å²) >= 11 is 0. The number of hydrogen-bond acceptors (Lipinski definition) is 2. The Kier molecular flexibility index (Phi) is 4.55. The van der Waals surface area contributed by atoms with Crippen molar-refractivity contribution in [3.8, 4) is 0 Å². The molecule has 0 aromatic rings. The first kappa shape index (κ1) is 15.1. The summed E-state index contributed by atoms with van der Waals surface area (Å²) in [5.41, 5.74) is 0.317. The zero-order valence-electron chi connectivity index (χ0n) is 12.4. The Bertz CT molecular complexity index is 381. The summed E-state index contributed by atoms with van der Waals surface area (Å²) in [6, 6.07) is 0.104. The standard InChI is InChI=1S/C15H26N2O3/c1-15(2)7-6-11(8-15)17-14(20)16-9-10-4-3-5-12(10)13(18)19/h10-12H,3-9H2,1-2H3,(H,18,19)(H2,16,17,20). The van der Waals surface area contributed by atoms with Crippen LogP contribution >= 0.6 is 0 Å². The Labute approximate surface area is 120 Å². The Morgan fingerprint density at radius 3 is 2.60 bits per heavy atom. The van der Waals surface area contributed by atoms with Crippen molar-refractivity contribution in [2.24, 2.45) is 17.3 Å². The van der Waals surface area contributed by atoms with Gasteiger partial charge in [-0.25, -0.2) is 4.79 Å². The molecular weight excluding hydrogens is 256 g/mol. The van der Waals surface area contributed by atoms with Crippen LogP contribution in [0.25, 0.3) is 0 Å². The molecule has 3 atom stereocenters. The highest BCUT2D eigenvalue weighted by Gasteiger charge is 2.34. The molecule has 0 bridgehead atoms. The third-order valence-corrected chi connectivity index (χ3v) is 4.80. The number of amides is 2. The van der Waals surface area contributed by atoms with Crippen LogP contribution in [0.5, 0.6) is 0 Å². The summed E-state index contributed by atoms with van der Waals surface area (Å²) in [4.78, 5) is 23.0. The van der Waals surface area contributed by atoms with Crippen LogP contribution < -0.4 is 10.6 Å². The molecule has 0 aromatic carbocycles. The number of aliphatic carboxylic acids is 1. The number of nitrogens with one attached hydrogen (secondary N) is 2. The van der Waals surface area contributed by atoms with Gasteiger partial charge in [-0.3, -0.25) is 4.79 Å². The number of carboxylic acid groups (broad SMARTS) is 1. The smallest absolute Gasteiger partial charge is 0.315 e. The van der Waals surface area contributed by atoms with Gasteiger partial charge >= 0.3 is 12.0 Å². The Morgan fingerprint density at radius 1 is 1.25 bits per heavy atom. The van der Waals surface area contributed by atoms with Crippen molar-refractivity contribution in [1.82, 2.24) is 10.6 Å². The Balaban J connectivity index is 1.71. The van der Waals surface area contributed by atoms with Crippen LogP contribution in [0.2, 0.25) is 0 Å². The van der Waals surface area contributed by atoms with E-state index in [1.807, 2.05) is 0 Å². The van der Waals surface area contributed by atoms with Gasteiger partial charge < -0.3 is 15.7 Å². The van der Waals surface area contributed by atoms with E-state index in [0.717, 1.165) is 38.5 Å². The van der Waals surface area contributed by atoms with E-state index in [2.05, 4.69) is 24.5 Å². The molecule has 0 radical (unpaired) electrons. The third kappa shape index (κ3) is 3.87.